The average Bonchev–Trinajstić information content (AvgIpc) is 2.81. The van der Waals surface area contributed by atoms with Crippen molar-refractivity contribution in [2.75, 3.05) is 14.1 Å². The van der Waals surface area contributed by atoms with Crippen LogP contribution in [0.3, 0.4) is 0 Å². The van der Waals surface area contributed by atoms with E-state index in [1.807, 2.05) is 26.0 Å². The monoisotopic (exact) mass is 538 g/mol. The number of nitriles is 1. The van der Waals surface area contributed by atoms with Crippen molar-refractivity contribution in [1.29, 1.82) is 5.26 Å². The van der Waals surface area contributed by atoms with E-state index < -0.39 is 10.8 Å². The van der Waals surface area contributed by atoms with E-state index >= 15 is 0 Å². The van der Waals surface area contributed by atoms with Crippen LogP contribution in [0.15, 0.2) is 23.3 Å². The highest BCUT2D eigenvalue weighted by Gasteiger charge is 2.61. The van der Waals surface area contributed by atoms with Gasteiger partial charge in [-0.3, -0.25) is 9.59 Å². The molecule has 1 saturated carbocycles. The molecule has 4 atom stereocenters. The molecule has 0 amide bonds. The van der Waals surface area contributed by atoms with Crippen LogP contribution >= 0.6 is 0 Å². The molecule has 2 aliphatic carbocycles. The van der Waals surface area contributed by atoms with Gasteiger partial charge in [-0.25, -0.2) is 0 Å². The molecule has 2 aliphatic rings. The lowest BCUT2D eigenvalue weighted by molar-refractivity contribution is -0.131. The molecule has 0 N–H and O–H groups in total. The number of hydrogen-bond acceptors (Lipinski definition) is 4. The molecule has 1 fully saturated rings. The van der Waals surface area contributed by atoms with Gasteiger partial charge in [-0.05, 0) is 101 Å². The highest BCUT2D eigenvalue weighted by atomic mass is 16.1. The highest BCUT2D eigenvalue weighted by Crippen LogP contribution is 2.67. The summed E-state index contributed by atoms with van der Waals surface area (Å²) in [5.41, 5.74) is 0.262. The SMILES string of the molecule is CCCC(C)(C)CC[C@@](C)(CCC(C)(C)[C@]1(C)CC[C@H]2C(C)(C)C(=O)C(C#N)=C[C@]2(C)/C1=C/C(C)=O)N(C)C. The first-order valence-electron chi connectivity index (χ1n) is 15.2. The molecule has 0 spiro atoms. The standard InChI is InChI=1S/C35H58N2O2/c1-14-16-30(3,4)18-20-33(9,37(12)13)21-19-31(5,6)35(11)17-15-27-32(7,8)29(39)26(24-36)23-34(27,10)28(35)22-25(2)38/h22-23,27H,14-21H2,1-13H3/b28-22-/t27-,33-,34-,35+/m0/s1. The van der Waals surface area contributed by atoms with Gasteiger partial charge >= 0.3 is 0 Å². The first kappa shape index (κ1) is 33.5. The Morgan fingerprint density at radius 2 is 1.62 bits per heavy atom. The topological polar surface area (TPSA) is 61.2 Å². The van der Waals surface area contributed by atoms with Crippen molar-refractivity contribution >= 4 is 11.6 Å². The van der Waals surface area contributed by atoms with Crippen LogP contribution < -0.4 is 0 Å². The van der Waals surface area contributed by atoms with Gasteiger partial charge in [-0.1, -0.05) is 80.4 Å². The van der Waals surface area contributed by atoms with Gasteiger partial charge in [-0.2, -0.15) is 5.26 Å². The summed E-state index contributed by atoms with van der Waals surface area (Å²) < 4.78 is 0. The highest BCUT2D eigenvalue weighted by molar-refractivity contribution is 6.04. The second-order valence-electron chi connectivity index (χ2n) is 15.8. The molecule has 0 radical (unpaired) electrons. The number of Topliss-reactive ketones (excluding diaryl/α,β-unsaturated/α-hetero) is 1. The van der Waals surface area contributed by atoms with Crippen LogP contribution in [0.1, 0.15) is 128 Å². The lowest BCUT2D eigenvalue weighted by Crippen LogP contribution is -2.56. The number of fused-ring (bicyclic) bond motifs is 1. The summed E-state index contributed by atoms with van der Waals surface area (Å²) in [6, 6.07) is 2.19. The van der Waals surface area contributed by atoms with Crippen molar-refractivity contribution in [3.05, 3.63) is 23.3 Å². The second kappa shape index (κ2) is 11.3. The van der Waals surface area contributed by atoms with Crippen molar-refractivity contribution in [2.24, 2.45) is 33.0 Å². The fourth-order valence-electron chi connectivity index (χ4n) is 7.95. The maximum absolute atomic E-state index is 13.2. The Morgan fingerprint density at radius 1 is 1.05 bits per heavy atom. The number of ketones is 2. The van der Waals surface area contributed by atoms with E-state index in [9.17, 15) is 14.9 Å². The number of nitrogens with zero attached hydrogens (tertiary/aromatic N) is 2. The summed E-state index contributed by atoms with van der Waals surface area (Å²) in [5.74, 6) is 0.0222. The van der Waals surface area contributed by atoms with Gasteiger partial charge in [0.2, 0.25) is 0 Å². The summed E-state index contributed by atoms with van der Waals surface area (Å²) in [5, 5.41) is 9.89. The van der Waals surface area contributed by atoms with E-state index in [2.05, 4.69) is 80.5 Å². The van der Waals surface area contributed by atoms with Crippen molar-refractivity contribution < 1.29 is 9.59 Å². The minimum absolute atomic E-state index is 0.0341. The van der Waals surface area contributed by atoms with Crippen LogP contribution in [0.4, 0.5) is 0 Å². The lowest BCUT2D eigenvalue weighted by Gasteiger charge is -2.61. The van der Waals surface area contributed by atoms with Crippen molar-refractivity contribution in [3.63, 3.8) is 0 Å². The smallest absolute Gasteiger partial charge is 0.178 e. The second-order valence-corrected chi connectivity index (χ2v) is 15.8. The molecule has 0 aliphatic heterocycles. The third-order valence-electron chi connectivity index (χ3n) is 11.6. The van der Waals surface area contributed by atoms with Crippen LogP contribution in [-0.4, -0.2) is 36.1 Å². The van der Waals surface area contributed by atoms with Gasteiger partial charge in [0, 0.05) is 16.4 Å². The molecule has 0 aromatic rings. The normalized spacial score (nSPS) is 30.0. The van der Waals surface area contributed by atoms with E-state index in [1.54, 1.807) is 6.92 Å². The number of carbonyl (C=O) groups is 2. The number of carbonyl (C=O) groups excluding carboxylic acids is 2. The van der Waals surface area contributed by atoms with Crippen LogP contribution in [0, 0.1) is 44.3 Å². The third-order valence-corrected chi connectivity index (χ3v) is 11.6. The predicted octanol–water partition coefficient (Wildman–Crippen LogP) is 8.72. The molecular formula is C35H58N2O2. The number of rotatable bonds is 11. The molecule has 4 heteroatoms. The van der Waals surface area contributed by atoms with Crippen molar-refractivity contribution in [1.82, 2.24) is 4.90 Å². The Balaban J connectivity index is 2.52. The van der Waals surface area contributed by atoms with Crippen LogP contribution in [-0.2, 0) is 9.59 Å². The fourth-order valence-corrected chi connectivity index (χ4v) is 7.95. The summed E-state index contributed by atoms with van der Waals surface area (Å²) in [6.07, 6.45) is 12.5. The summed E-state index contributed by atoms with van der Waals surface area (Å²) >= 11 is 0. The minimum atomic E-state index is -0.648. The van der Waals surface area contributed by atoms with Gasteiger partial charge in [0.1, 0.15) is 6.07 Å². The molecule has 0 aromatic heterocycles. The maximum atomic E-state index is 13.2. The zero-order valence-electron chi connectivity index (χ0n) is 27.6. The van der Waals surface area contributed by atoms with E-state index in [1.165, 1.54) is 19.3 Å². The molecule has 0 bridgehead atoms. The Labute approximate surface area is 240 Å². The molecule has 0 unspecified atom stereocenters. The maximum Gasteiger partial charge on any atom is 0.178 e. The summed E-state index contributed by atoms with van der Waals surface area (Å²) in [4.78, 5) is 28.4. The predicted molar refractivity (Wildman–Crippen MR) is 163 cm³/mol. The van der Waals surface area contributed by atoms with E-state index in [4.69, 9.17) is 0 Å². The quantitative estimate of drug-likeness (QED) is 0.247. The first-order valence-corrected chi connectivity index (χ1v) is 15.2. The third kappa shape index (κ3) is 6.29. The first-order chi connectivity index (χ1) is 17.6. The molecule has 39 heavy (non-hydrogen) atoms. The average molecular weight is 539 g/mol. The lowest BCUT2D eigenvalue weighted by atomic mass is 9.42. The summed E-state index contributed by atoms with van der Waals surface area (Å²) in [7, 11) is 4.42. The Bertz CT molecular complexity index is 1050. The summed E-state index contributed by atoms with van der Waals surface area (Å²) in [6.45, 7) is 24.3. The Hall–Kier alpha value is -1.73. The largest absolute Gasteiger partial charge is 0.304 e. The van der Waals surface area contributed by atoms with Crippen LogP contribution in [0.5, 0.6) is 0 Å². The zero-order valence-corrected chi connectivity index (χ0v) is 27.6. The zero-order chi connectivity index (χ0) is 30.2. The van der Waals surface area contributed by atoms with E-state index in [0.717, 1.165) is 37.7 Å². The molecule has 4 nitrogen and oxygen atoms in total. The van der Waals surface area contributed by atoms with E-state index in [0.29, 0.717) is 5.41 Å². The van der Waals surface area contributed by atoms with Crippen molar-refractivity contribution in [2.45, 2.75) is 133 Å². The van der Waals surface area contributed by atoms with E-state index in [-0.39, 0.29) is 39.4 Å². The fraction of sp³-hybridized carbons (Fsp3) is 0.800. The number of allylic oxidation sites excluding steroid dienone is 4. The van der Waals surface area contributed by atoms with Crippen LogP contribution in [0.25, 0.3) is 0 Å². The van der Waals surface area contributed by atoms with Gasteiger partial charge in [0.15, 0.2) is 11.6 Å². The van der Waals surface area contributed by atoms with Gasteiger partial charge < -0.3 is 4.90 Å². The molecule has 0 heterocycles. The van der Waals surface area contributed by atoms with Gasteiger partial charge in [0.25, 0.3) is 0 Å². The number of hydrogen-bond donors (Lipinski definition) is 0. The van der Waals surface area contributed by atoms with Crippen LogP contribution in [0.2, 0.25) is 0 Å². The van der Waals surface area contributed by atoms with Gasteiger partial charge in [0.05, 0.1) is 5.57 Å². The Kier molecular flexibility index (Phi) is 9.67. The molecule has 2 rings (SSSR count). The van der Waals surface area contributed by atoms with Gasteiger partial charge in [-0.15, -0.1) is 0 Å². The Morgan fingerprint density at radius 3 is 2.10 bits per heavy atom. The minimum Gasteiger partial charge on any atom is -0.304 e. The molecule has 0 aromatic carbocycles. The molecule has 0 saturated heterocycles. The van der Waals surface area contributed by atoms with Crippen molar-refractivity contribution in [3.8, 4) is 6.07 Å². The molecular weight excluding hydrogens is 480 g/mol. The molecule has 220 valence electrons.